The Hall–Kier alpha value is -1.49. The largest absolute Gasteiger partial charge is 0.351 e. The van der Waals surface area contributed by atoms with Gasteiger partial charge in [0.2, 0.25) is 5.95 Å². The van der Waals surface area contributed by atoms with E-state index >= 15 is 0 Å². The first-order valence-corrected chi connectivity index (χ1v) is 4.64. The van der Waals surface area contributed by atoms with Crippen molar-refractivity contribution in [2.24, 2.45) is 0 Å². The van der Waals surface area contributed by atoms with E-state index in [9.17, 15) is 9.18 Å². The van der Waals surface area contributed by atoms with E-state index in [0.717, 1.165) is 6.54 Å². The average molecular weight is 210 g/mol. The van der Waals surface area contributed by atoms with Crippen LogP contribution in [0.2, 0.25) is 0 Å². The summed E-state index contributed by atoms with van der Waals surface area (Å²) in [5.41, 5.74) is 0.371. The molecule has 0 atom stereocenters. The van der Waals surface area contributed by atoms with Crippen molar-refractivity contribution in [1.82, 2.24) is 15.2 Å². The van der Waals surface area contributed by atoms with Gasteiger partial charge in [-0.1, -0.05) is 0 Å². The quantitative estimate of drug-likeness (QED) is 0.736. The molecule has 82 valence electrons. The molecule has 0 saturated carbocycles. The van der Waals surface area contributed by atoms with Crippen molar-refractivity contribution in [3.63, 3.8) is 0 Å². The van der Waals surface area contributed by atoms with Crippen LogP contribution in [0, 0.1) is 5.95 Å². The lowest BCUT2D eigenvalue weighted by Crippen LogP contribution is -2.31. The SMILES string of the molecule is CN(C)CCNC(=O)c1ccc([18F])nc1. The van der Waals surface area contributed by atoms with Crippen molar-refractivity contribution >= 4 is 5.91 Å². The minimum atomic E-state index is -0.583. The molecule has 0 aliphatic heterocycles. The van der Waals surface area contributed by atoms with Crippen LogP contribution in [0.5, 0.6) is 0 Å². The Bertz CT molecular complexity index is 324. The van der Waals surface area contributed by atoms with E-state index in [1.54, 1.807) is 0 Å². The highest BCUT2D eigenvalue weighted by Gasteiger charge is 2.05. The molecule has 1 amide bonds. The van der Waals surface area contributed by atoms with Crippen molar-refractivity contribution in [1.29, 1.82) is 0 Å². The van der Waals surface area contributed by atoms with Gasteiger partial charge in [-0.3, -0.25) is 4.79 Å². The molecular formula is C10H14FN3O. The van der Waals surface area contributed by atoms with Gasteiger partial charge in [-0.15, -0.1) is 0 Å². The highest BCUT2D eigenvalue weighted by Crippen LogP contribution is 1.98. The van der Waals surface area contributed by atoms with E-state index < -0.39 is 5.95 Å². The molecule has 1 aromatic rings. The van der Waals surface area contributed by atoms with Crippen molar-refractivity contribution in [2.75, 3.05) is 27.2 Å². The molecule has 1 N–H and O–H groups in total. The van der Waals surface area contributed by atoms with Gasteiger partial charge in [0.15, 0.2) is 0 Å². The van der Waals surface area contributed by atoms with Crippen LogP contribution in [-0.2, 0) is 0 Å². The van der Waals surface area contributed by atoms with Crippen molar-refractivity contribution < 1.29 is 9.18 Å². The first-order valence-electron chi connectivity index (χ1n) is 4.64. The molecule has 0 spiro atoms. The van der Waals surface area contributed by atoms with Crippen LogP contribution >= 0.6 is 0 Å². The molecule has 15 heavy (non-hydrogen) atoms. The second kappa shape index (κ2) is 5.41. The summed E-state index contributed by atoms with van der Waals surface area (Å²) in [4.78, 5) is 16.8. The highest BCUT2D eigenvalue weighted by atomic mass is 18.2. The van der Waals surface area contributed by atoms with Gasteiger partial charge in [-0.05, 0) is 26.2 Å². The fraction of sp³-hybridized carbons (Fsp3) is 0.400. The van der Waals surface area contributed by atoms with Gasteiger partial charge in [0.25, 0.3) is 5.91 Å². The average Bonchev–Trinajstić information content (AvgIpc) is 2.18. The molecule has 0 bridgehead atoms. The molecule has 5 heteroatoms. The first-order chi connectivity index (χ1) is 7.09. The number of nitrogens with one attached hydrogen (secondary N) is 1. The van der Waals surface area contributed by atoms with E-state index in [2.05, 4.69) is 10.3 Å². The van der Waals surface area contributed by atoms with E-state index in [-0.39, 0.29) is 5.91 Å². The Balaban J connectivity index is 2.43. The number of halogens is 1. The Morgan fingerprint density at radius 3 is 2.80 bits per heavy atom. The smallest absolute Gasteiger partial charge is 0.252 e. The molecule has 0 aliphatic rings. The number of hydrogen-bond donors (Lipinski definition) is 1. The summed E-state index contributed by atoms with van der Waals surface area (Å²) >= 11 is 0. The summed E-state index contributed by atoms with van der Waals surface area (Å²) in [7, 11) is 3.84. The van der Waals surface area contributed by atoms with Gasteiger partial charge in [0.05, 0.1) is 5.56 Å². The summed E-state index contributed by atoms with van der Waals surface area (Å²) in [5, 5.41) is 2.71. The second-order valence-corrected chi connectivity index (χ2v) is 3.43. The maximum atomic E-state index is 12.5. The van der Waals surface area contributed by atoms with Crippen LogP contribution in [0.25, 0.3) is 0 Å². The molecule has 0 unspecified atom stereocenters. The highest BCUT2D eigenvalue weighted by molar-refractivity contribution is 5.93. The maximum absolute atomic E-state index is 12.5. The number of amides is 1. The molecule has 0 fully saturated rings. The fourth-order valence-electron chi connectivity index (χ4n) is 1.01. The number of rotatable bonds is 4. The fourth-order valence-corrected chi connectivity index (χ4v) is 1.01. The molecule has 4 nitrogen and oxygen atoms in total. The third kappa shape index (κ3) is 4.03. The van der Waals surface area contributed by atoms with E-state index in [1.165, 1.54) is 18.3 Å². The summed E-state index contributed by atoms with van der Waals surface area (Å²) in [6, 6.07) is 2.58. The Kier molecular flexibility index (Phi) is 4.17. The zero-order valence-electron chi connectivity index (χ0n) is 8.83. The standard InChI is InChI=1S/C10H14FN3O/c1-14(2)6-5-12-10(15)8-3-4-9(11)13-7-8/h3-4,7H,5-6H2,1-2H3,(H,12,15)/i11-1. The number of aromatic nitrogens is 1. The van der Waals surface area contributed by atoms with Crippen LogP contribution in [0.15, 0.2) is 18.3 Å². The van der Waals surface area contributed by atoms with E-state index in [4.69, 9.17) is 0 Å². The predicted molar refractivity (Wildman–Crippen MR) is 55.1 cm³/mol. The Labute approximate surface area is 88.1 Å². The summed E-state index contributed by atoms with van der Waals surface area (Å²) in [6.07, 6.45) is 1.22. The van der Waals surface area contributed by atoms with Crippen LogP contribution in [-0.4, -0.2) is 43.0 Å². The number of carbonyl (C=O) groups is 1. The predicted octanol–water partition coefficient (Wildman–Crippen LogP) is 0.512. The molecule has 1 heterocycles. The number of carbonyl (C=O) groups excluding carboxylic acids is 1. The lowest BCUT2D eigenvalue weighted by Gasteiger charge is -2.10. The van der Waals surface area contributed by atoms with Gasteiger partial charge >= 0.3 is 0 Å². The normalized spacial score (nSPS) is 10.4. The van der Waals surface area contributed by atoms with Crippen molar-refractivity contribution in [2.45, 2.75) is 0 Å². The number of hydrogen-bond acceptors (Lipinski definition) is 3. The molecule has 0 aliphatic carbocycles. The zero-order valence-corrected chi connectivity index (χ0v) is 8.83. The number of likely N-dealkylation sites (N-methyl/N-ethyl adjacent to an activating group) is 1. The van der Waals surface area contributed by atoms with Gasteiger partial charge in [0.1, 0.15) is 0 Å². The molecule has 0 saturated heterocycles. The molecular weight excluding hydrogens is 196 g/mol. The van der Waals surface area contributed by atoms with E-state index in [1.807, 2.05) is 19.0 Å². The van der Waals surface area contributed by atoms with Crippen molar-refractivity contribution in [3.8, 4) is 0 Å². The van der Waals surface area contributed by atoms with Crippen LogP contribution in [0.4, 0.5) is 4.39 Å². The van der Waals surface area contributed by atoms with E-state index in [0.29, 0.717) is 12.1 Å². The molecule has 0 aromatic carbocycles. The first kappa shape index (κ1) is 11.6. The second-order valence-electron chi connectivity index (χ2n) is 3.43. The molecule has 1 aromatic heterocycles. The Morgan fingerprint density at radius 2 is 2.27 bits per heavy atom. The van der Waals surface area contributed by atoms with Crippen LogP contribution < -0.4 is 5.32 Å². The minimum Gasteiger partial charge on any atom is -0.351 e. The number of pyridine rings is 1. The van der Waals surface area contributed by atoms with Crippen LogP contribution in [0.3, 0.4) is 0 Å². The minimum absolute atomic E-state index is 0.232. The molecule has 1 rings (SSSR count). The van der Waals surface area contributed by atoms with Gasteiger partial charge in [-0.25, -0.2) is 4.98 Å². The monoisotopic (exact) mass is 210 g/mol. The Morgan fingerprint density at radius 1 is 1.53 bits per heavy atom. The summed E-state index contributed by atoms with van der Waals surface area (Å²) in [6.45, 7) is 1.32. The number of nitrogens with zero attached hydrogens (tertiary/aromatic N) is 2. The zero-order chi connectivity index (χ0) is 11.3. The van der Waals surface area contributed by atoms with Crippen LogP contribution in [0.1, 0.15) is 10.4 Å². The lowest BCUT2D eigenvalue weighted by molar-refractivity contribution is 0.0950. The topological polar surface area (TPSA) is 45.2 Å². The van der Waals surface area contributed by atoms with Gasteiger partial charge < -0.3 is 10.2 Å². The molecule has 0 radical (unpaired) electrons. The summed E-state index contributed by atoms with van der Waals surface area (Å²) < 4.78 is 12.5. The lowest BCUT2D eigenvalue weighted by atomic mass is 10.2. The van der Waals surface area contributed by atoms with Gasteiger partial charge in [0, 0.05) is 19.3 Å². The maximum Gasteiger partial charge on any atom is 0.252 e. The summed E-state index contributed by atoms with van der Waals surface area (Å²) in [5.74, 6) is -0.816. The third-order valence-corrected chi connectivity index (χ3v) is 1.83. The van der Waals surface area contributed by atoms with Crippen molar-refractivity contribution in [3.05, 3.63) is 29.8 Å². The third-order valence-electron chi connectivity index (χ3n) is 1.83. The van der Waals surface area contributed by atoms with Gasteiger partial charge in [-0.2, -0.15) is 4.39 Å².